The lowest BCUT2D eigenvalue weighted by Crippen LogP contribution is -2.52. The molecular weight excluding hydrogens is 330 g/mol. The molecule has 136 valence electrons. The van der Waals surface area contributed by atoms with E-state index in [1.54, 1.807) is 12.1 Å². The molecule has 4 N–H and O–H groups in total. The van der Waals surface area contributed by atoms with Crippen LogP contribution >= 0.6 is 0 Å². The lowest BCUT2D eigenvalue weighted by molar-refractivity contribution is 0.0895. The van der Waals surface area contributed by atoms with Crippen molar-refractivity contribution >= 4 is 15.9 Å². The summed E-state index contributed by atoms with van der Waals surface area (Å²) in [6.45, 7) is 4.67. The second kappa shape index (κ2) is 9.12. The molecule has 1 aromatic rings. The third-order valence-electron chi connectivity index (χ3n) is 4.13. The van der Waals surface area contributed by atoms with Crippen molar-refractivity contribution in [1.82, 2.24) is 10.0 Å². The van der Waals surface area contributed by atoms with Crippen LogP contribution in [0.3, 0.4) is 0 Å². The number of ether oxygens (including phenoxy) is 1. The second-order valence-corrected chi connectivity index (χ2v) is 7.33. The Balaban J connectivity index is 2.97. The minimum absolute atomic E-state index is 0.0394. The van der Waals surface area contributed by atoms with Crippen molar-refractivity contribution in [2.45, 2.75) is 37.1 Å². The van der Waals surface area contributed by atoms with Crippen molar-refractivity contribution in [3.63, 3.8) is 0 Å². The van der Waals surface area contributed by atoms with Crippen LogP contribution < -0.4 is 15.8 Å². The Bertz CT molecular complexity index is 634. The molecule has 0 aromatic heterocycles. The average Bonchev–Trinajstić information content (AvgIpc) is 2.60. The molecule has 0 bridgehead atoms. The van der Waals surface area contributed by atoms with E-state index in [1.165, 1.54) is 19.2 Å². The summed E-state index contributed by atoms with van der Waals surface area (Å²) in [6, 6.07) is 5.93. The van der Waals surface area contributed by atoms with Crippen LogP contribution in [0.25, 0.3) is 0 Å². The van der Waals surface area contributed by atoms with Crippen molar-refractivity contribution < 1.29 is 17.9 Å². The minimum Gasteiger partial charge on any atom is -0.383 e. The van der Waals surface area contributed by atoms with Gasteiger partial charge in [0.2, 0.25) is 10.0 Å². The van der Waals surface area contributed by atoms with Gasteiger partial charge in [-0.15, -0.1) is 0 Å². The van der Waals surface area contributed by atoms with Gasteiger partial charge in [0.05, 0.1) is 17.0 Å². The molecule has 1 aromatic carbocycles. The van der Waals surface area contributed by atoms with E-state index < -0.39 is 15.6 Å². The van der Waals surface area contributed by atoms with Crippen LogP contribution in [-0.4, -0.2) is 46.7 Å². The van der Waals surface area contributed by atoms with E-state index in [9.17, 15) is 13.2 Å². The van der Waals surface area contributed by atoms with Gasteiger partial charge in [-0.1, -0.05) is 19.9 Å². The van der Waals surface area contributed by atoms with Crippen LogP contribution in [0.2, 0.25) is 0 Å². The first kappa shape index (κ1) is 20.6. The Morgan fingerprint density at radius 2 is 1.96 bits per heavy atom. The van der Waals surface area contributed by atoms with Gasteiger partial charge in [-0.25, -0.2) is 13.1 Å². The number of hydrogen-bond acceptors (Lipinski definition) is 5. The van der Waals surface area contributed by atoms with Gasteiger partial charge in [-0.2, -0.15) is 0 Å². The summed E-state index contributed by atoms with van der Waals surface area (Å²) in [5.74, 6) is -0.335. The molecule has 1 rings (SSSR count). The molecule has 24 heavy (non-hydrogen) atoms. The number of nitrogens with two attached hydrogens (primary N) is 1. The van der Waals surface area contributed by atoms with Crippen LogP contribution in [-0.2, 0) is 14.8 Å². The highest BCUT2D eigenvalue weighted by Crippen LogP contribution is 2.16. The van der Waals surface area contributed by atoms with Crippen molar-refractivity contribution in [1.29, 1.82) is 0 Å². The highest BCUT2D eigenvalue weighted by Gasteiger charge is 2.27. The monoisotopic (exact) mass is 357 g/mol. The van der Waals surface area contributed by atoms with Crippen LogP contribution in [0.5, 0.6) is 0 Å². The van der Waals surface area contributed by atoms with Crippen molar-refractivity contribution in [2.75, 3.05) is 26.8 Å². The lowest BCUT2D eigenvalue weighted by Gasteiger charge is -2.31. The Morgan fingerprint density at radius 3 is 2.50 bits per heavy atom. The average molecular weight is 357 g/mol. The summed E-state index contributed by atoms with van der Waals surface area (Å²) < 4.78 is 31.7. The zero-order valence-electron chi connectivity index (χ0n) is 14.5. The molecule has 1 amide bonds. The number of carbonyl (C=O) groups is 1. The largest absolute Gasteiger partial charge is 0.383 e. The van der Waals surface area contributed by atoms with Gasteiger partial charge in [0.15, 0.2) is 0 Å². The Labute approximate surface area is 144 Å². The van der Waals surface area contributed by atoms with Crippen LogP contribution in [0, 0.1) is 0 Å². The predicted molar refractivity (Wildman–Crippen MR) is 93.3 cm³/mol. The Hall–Kier alpha value is -1.48. The maximum atomic E-state index is 12.5. The molecule has 0 aliphatic rings. The molecule has 0 spiro atoms. The van der Waals surface area contributed by atoms with Gasteiger partial charge in [0.25, 0.3) is 5.91 Å². The predicted octanol–water partition coefficient (Wildman–Crippen LogP) is 0.859. The number of amides is 1. The first-order valence-corrected chi connectivity index (χ1v) is 9.43. The van der Waals surface area contributed by atoms with Crippen LogP contribution in [0.15, 0.2) is 29.2 Å². The summed E-state index contributed by atoms with van der Waals surface area (Å²) in [5, 5.41) is 2.93. The molecular formula is C16H27N3O4S. The zero-order chi connectivity index (χ0) is 18.2. The number of nitrogens with one attached hydrogen (secondary N) is 2. The highest BCUT2D eigenvalue weighted by atomic mass is 32.2. The molecule has 0 fully saturated rings. The van der Waals surface area contributed by atoms with Crippen LogP contribution in [0.1, 0.15) is 37.0 Å². The van der Waals surface area contributed by atoms with Gasteiger partial charge < -0.3 is 15.8 Å². The Morgan fingerprint density at radius 1 is 1.29 bits per heavy atom. The molecule has 0 aliphatic carbocycles. The first-order chi connectivity index (χ1) is 11.3. The van der Waals surface area contributed by atoms with E-state index in [0.29, 0.717) is 19.4 Å². The molecule has 0 unspecified atom stereocenters. The molecule has 0 saturated carbocycles. The van der Waals surface area contributed by atoms with Gasteiger partial charge in [0.1, 0.15) is 0 Å². The van der Waals surface area contributed by atoms with Gasteiger partial charge in [0, 0.05) is 25.8 Å². The number of benzene rings is 1. The number of sulfonamides is 1. The number of carbonyl (C=O) groups excluding carboxylic acids is 1. The summed E-state index contributed by atoms with van der Waals surface area (Å²) in [6.07, 6.45) is 1.39. The van der Waals surface area contributed by atoms with Crippen molar-refractivity contribution in [3.8, 4) is 0 Å². The third-order valence-corrected chi connectivity index (χ3v) is 5.59. The molecule has 0 heterocycles. The van der Waals surface area contributed by atoms with Gasteiger partial charge in [-0.05, 0) is 31.0 Å². The van der Waals surface area contributed by atoms with Crippen LogP contribution in [0.4, 0.5) is 0 Å². The fraction of sp³-hybridized carbons (Fsp3) is 0.562. The normalized spacial score (nSPS) is 12.2. The summed E-state index contributed by atoms with van der Waals surface area (Å²) in [4.78, 5) is 12.5. The van der Waals surface area contributed by atoms with Crippen molar-refractivity contribution in [2.24, 2.45) is 5.73 Å². The standard InChI is InChI=1S/C16H27N3O4S/c1-4-16(5-2,12-17)19-15(20)13-7-6-8-14(11-13)24(21,22)18-9-10-23-3/h6-8,11,18H,4-5,9-10,12,17H2,1-3H3,(H,19,20). The number of hydrogen-bond donors (Lipinski definition) is 3. The maximum absolute atomic E-state index is 12.5. The first-order valence-electron chi connectivity index (χ1n) is 7.95. The second-order valence-electron chi connectivity index (χ2n) is 5.56. The maximum Gasteiger partial charge on any atom is 0.251 e. The molecule has 0 saturated heterocycles. The van der Waals surface area contributed by atoms with Gasteiger partial charge >= 0.3 is 0 Å². The van der Waals surface area contributed by atoms with Gasteiger partial charge in [-0.3, -0.25) is 4.79 Å². The highest BCUT2D eigenvalue weighted by molar-refractivity contribution is 7.89. The summed E-state index contributed by atoms with van der Waals surface area (Å²) >= 11 is 0. The quantitative estimate of drug-likeness (QED) is 0.538. The topological polar surface area (TPSA) is 111 Å². The zero-order valence-corrected chi connectivity index (χ0v) is 15.3. The molecule has 0 radical (unpaired) electrons. The van der Waals surface area contributed by atoms with E-state index in [1.807, 2.05) is 13.8 Å². The number of methoxy groups -OCH3 is 1. The van der Waals surface area contributed by atoms with Crippen molar-refractivity contribution in [3.05, 3.63) is 29.8 Å². The molecule has 0 atom stereocenters. The summed E-state index contributed by atoms with van der Waals surface area (Å²) in [7, 11) is -2.19. The fourth-order valence-corrected chi connectivity index (χ4v) is 3.30. The van der Waals surface area contributed by atoms with E-state index in [4.69, 9.17) is 10.5 Å². The van der Waals surface area contributed by atoms with E-state index >= 15 is 0 Å². The smallest absolute Gasteiger partial charge is 0.251 e. The third kappa shape index (κ3) is 5.27. The fourth-order valence-electron chi connectivity index (χ4n) is 2.25. The molecule has 0 aliphatic heterocycles. The molecule has 8 heteroatoms. The summed E-state index contributed by atoms with van der Waals surface area (Å²) in [5.41, 5.74) is 5.59. The lowest BCUT2D eigenvalue weighted by atomic mass is 9.92. The SMILES string of the molecule is CCC(CC)(CN)NC(=O)c1cccc(S(=O)(=O)NCCOC)c1. The van der Waals surface area contributed by atoms with E-state index in [0.717, 1.165) is 0 Å². The molecule has 7 nitrogen and oxygen atoms in total. The number of rotatable bonds is 10. The van der Waals surface area contributed by atoms with E-state index in [-0.39, 0.29) is 29.5 Å². The minimum atomic E-state index is -3.68. The Kier molecular flexibility index (Phi) is 7.82. The van der Waals surface area contributed by atoms with E-state index in [2.05, 4.69) is 10.0 Å².